The normalized spacial score (nSPS) is 16.1. The van der Waals surface area contributed by atoms with Crippen LogP contribution in [0, 0.1) is 11.2 Å². The van der Waals surface area contributed by atoms with Crippen molar-refractivity contribution in [2.45, 2.75) is 19.3 Å². The first-order valence-electron chi connectivity index (χ1n) is 6.38. The van der Waals surface area contributed by atoms with Crippen LogP contribution in [0.5, 0.6) is 0 Å². The van der Waals surface area contributed by atoms with Crippen molar-refractivity contribution in [2.75, 3.05) is 26.0 Å². The van der Waals surface area contributed by atoms with Gasteiger partial charge in [0.2, 0.25) is 0 Å². The molecule has 4 nitrogen and oxygen atoms in total. The van der Waals surface area contributed by atoms with Gasteiger partial charge in [0.25, 0.3) is 5.91 Å². The molecule has 0 heterocycles. The molecule has 1 aromatic rings. The van der Waals surface area contributed by atoms with E-state index in [9.17, 15) is 9.18 Å². The molecule has 0 aliphatic heterocycles. The summed E-state index contributed by atoms with van der Waals surface area (Å²) in [6.45, 7) is 1.34. The molecule has 5 heteroatoms. The van der Waals surface area contributed by atoms with Crippen molar-refractivity contribution in [3.8, 4) is 0 Å². The molecule has 1 aliphatic rings. The van der Waals surface area contributed by atoms with E-state index in [1.165, 1.54) is 18.2 Å². The molecule has 0 spiro atoms. The summed E-state index contributed by atoms with van der Waals surface area (Å²) in [5.74, 6) is -0.717. The van der Waals surface area contributed by atoms with Crippen molar-refractivity contribution in [3.63, 3.8) is 0 Å². The van der Waals surface area contributed by atoms with Gasteiger partial charge in [0, 0.05) is 25.8 Å². The molecule has 2 rings (SSSR count). The van der Waals surface area contributed by atoms with E-state index in [1.807, 2.05) is 0 Å². The Morgan fingerprint density at radius 3 is 2.84 bits per heavy atom. The summed E-state index contributed by atoms with van der Waals surface area (Å²) in [4.78, 5) is 11.9. The lowest BCUT2D eigenvalue weighted by Gasteiger charge is -2.15. The van der Waals surface area contributed by atoms with E-state index in [1.54, 1.807) is 7.11 Å². The zero-order valence-electron chi connectivity index (χ0n) is 11.0. The summed E-state index contributed by atoms with van der Waals surface area (Å²) < 4.78 is 18.1. The minimum atomic E-state index is -0.504. The van der Waals surface area contributed by atoms with Gasteiger partial charge in [-0.25, -0.2) is 4.39 Å². The first-order valence-corrected chi connectivity index (χ1v) is 6.38. The van der Waals surface area contributed by atoms with Crippen LogP contribution in [0.15, 0.2) is 18.2 Å². The van der Waals surface area contributed by atoms with Crippen molar-refractivity contribution < 1.29 is 13.9 Å². The van der Waals surface area contributed by atoms with Crippen molar-refractivity contribution in [1.29, 1.82) is 0 Å². The molecule has 0 atom stereocenters. The summed E-state index contributed by atoms with van der Waals surface area (Å²) in [7, 11) is 1.68. The Balaban J connectivity index is 1.89. The highest BCUT2D eigenvalue weighted by molar-refractivity contribution is 5.95. The van der Waals surface area contributed by atoms with E-state index in [4.69, 9.17) is 10.5 Å². The van der Waals surface area contributed by atoms with Crippen LogP contribution in [-0.4, -0.2) is 26.2 Å². The van der Waals surface area contributed by atoms with Gasteiger partial charge in [0.1, 0.15) is 5.82 Å². The first-order chi connectivity index (χ1) is 9.06. The van der Waals surface area contributed by atoms with Gasteiger partial charge >= 0.3 is 0 Å². The number of hydrogen-bond donors (Lipinski definition) is 2. The van der Waals surface area contributed by atoms with Gasteiger partial charge in [-0.2, -0.15) is 0 Å². The average Bonchev–Trinajstić information content (AvgIpc) is 3.17. The molecule has 1 amide bonds. The zero-order valence-corrected chi connectivity index (χ0v) is 11.0. The number of amides is 1. The molecule has 1 saturated carbocycles. The van der Waals surface area contributed by atoms with E-state index in [2.05, 4.69) is 5.32 Å². The summed E-state index contributed by atoms with van der Waals surface area (Å²) in [5.41, 5.74) is 6.02. The lowest BCUT2D eigenvalue weighted by Crippen LogP contribution is -2.30. The fourth-order valence-electron chi connectivity index (χ4n) is 2.07. The number of halogens is 1. The van der Waals surface area contributed by atoms with Crippen LogP contribution in [0.2, 0.25) is 0 Å². The van der Waals surface area contributed by atoms with Crippen LogP contribution in [0.25, 0.3) is 0 Å². The number of rotatable bonds is 6. The Morgan fingerprint density at radius 1 is 1.53 bits per heavy atom. The zero-order chi connectivity index (χ0) is 13.9. The Kier molecular flexibility index (Phi) is 4.04. The highest BCUT2D eigenvalue weighted by atomic mass is 19.1. The number of nitrogens with one attached hydrogen (secondary N) is 1. The molecular formula is C14H19FN2O2. The Labute approximate surface area is 112 Å². The minimum Gasteiger partial charge on any atom is -0.396 e. The first kappa shape index (κ1) is 13.8. The quantitative estimate of drug-likeness (QED) is 0.774. The van der Waals surface area contributed by atoms with Gasteiger partial charge in [-0.15, -0.1) is 0 Å². The number of ether oxygens (including phenoxy) is 1. The number of nitrogens with two attached hydrogens (primary N) is 1. The Hall–Kier alpha value is -1.62. The molecule has 0 aromatic heterocycles. The van der Waals surface area contributed by atoms with Crippen LogP contribution < -0.4 is 11.1 Å². The molecule has 1 aromatic carbocycles. The van der Waals surface area contributed by atoms with Gasteiger partial charge in [0.15, 0.2) is 0 Å². The second kappa shape index (κ2) is 5.57. The fourth-order valence-corrected chi connectivity index (χ4v) is 2.07. The number of nitrogen functional groups attached to an aromatic ring is 1. The van der Waals surface area contributed by atoms with Crippen LogP contribution >= 0.6 is 0 Å². The SMILES string of the molecule is COCCC1(CNC(=O)c2ccc(F)c(N)c2)CC1. The number of anilines is 1. The second-order valence-corrected chi connectivity index (χ2v) is 5.16. The standard InChI is InChI=1S/C14H19FN2O2/c1-19-7-6-14(4-5-14)9-17-13(18)10-2-3-11(15)12(16)8-10/h2-3,8H,4-7,9,16H2,1H3,(H,17,18). The Morgan fingerprint density at radius 2 is 2.26 bits per heavy atom. The average molecular weight is 266 g/mol. The number of benzene rings is 1. The Bertz CT molecular complexity index is 473. The molecule has 3 N–H and O–H groups in total. The largest absolute Gasteiger partial charge is 0.396 e. The van der Waals surface area contributed by atoms with Gasteiger partial charge in [-0.05, 0) is 42.9 Å². The molecule has 0 bridgehead atoms. The molecule has 0 radical (unpaired) electrons. The summed E-state index contributed by atoms with van der Waals surface area (Å²) in [5, 5.41) is 2.88. The lowest BCUT2D eigenvalue weighted by molar-refractivity contribution is 0.0938. The maximum Gasteiger partial charge on any atom is 0.251 e. The molecule has 19 heavy (non-hydrogen) atoms. The smallest absolute Gasteiger partial charge is 0.251 e. The third kappa shape index (κ3) is 3.44. The van der Waals surface area contributed by atoms with Crippen molar-refractivity contribution >= 4 is 11.6 Å². The van der Waals surface area contributed by atoms with E-state index >= 15 is 0 Å². The lowest BCUT2D eigenvalue weighted by atomic mass is 10.0. The predicted molar refractivity (Wildman–Crippen MR) is 71.3 cm³/mol. The number of carbonyl (C=O) groups excluding carboxylic acids is 1. The maximum absolute atomic E-state index is 13.0. The van der Waals surface area contributed by atoms with Gasteiger partial charge < -0.3 is 15.8 Å². The molecule has 0 saturated heterocycles. The van der Waals surface area contributed by atoms with Crippen LogP contribution in [0.1, 0.15) is 29.6 Å². The highest BCUT2D eigenvalue weighted by Gasteiger charge is 2.42. The van der Waals surface area contributed by atoms with Crippen LogP contribution in [-0.2, 0) is 4.74 Å². The van der Waals surface area contributed by atoms with E-state index in [0.29, 0.717) is 18.7 Å². The highest BCUT2D eigenvalue weighted by Crippen LogP contribution is 2.48. The number of methoxy groups -OCH3 is 1. The maximum atomic E-state index is 13.0. The van der Waals surface area contributed by atoms with E-state index in [-0.39, 0.29) is 17.0 Å². The molecule has 1 aliphatic carbocycles. The number of carbonyl (C=O) groups is 1. The third-order valence-corrected chi connectivity index (χ3v) is 3.68. The summed E-state index contributed by atoms with van der Waals surface area (Å²) >= 11 is 0. The summed E-state index contributed by atoms with van der Waals surface area (Å²) in [6.07, 6.45) is 3.18. The van der Waals surface area contributed by atoms with E-state index < -0.39 is 5.82 Å². The van der Waals surface area contributed by atoms with Gasteiger partial charge in [-0.3, -0.25) is 4.79 Å². The molecule has 0 unspecified atom stereocenters. The fraction of sp³-hybridized carbons (Fsp3) is 0.500. The summed E-state index contributed by atoms with van der Waals surface area (Å²) in [6, 6.07) is 4.01. The topological polar surface area (TPSA) is 64.3 Å². The monoisotopic (exact) mass is 266 g/mol. The van der Waals surface area contributed by atoms with Gasteiger partial charge in [0.05, 0.1) is 5.69 Å². The van der Waals surface area contributed by atoms with Crippen molar-refractivity contribution in [1.82, 2.24) is 5.32 Å². The van der Waals surface area contributed by atoms with Gasteiger partial charge in [-0.1, -0.05) is 0 Å². The van der Waals surface area contributed by atoms with Crippen molar-refractivity contribution in [3.05, 3.63) is 29.6 Å². The molecule has 1 fully saturated rings. The van der Waals surface area contributed by atoms with Crippen molar-refractivity contribution in [2.24, 2.45) is 5.41 Å². The van der Waals surface area contributed by atoms with Crippen LogP contribution in [0.4, 0.5) is 10.1 Å². The van der Waals surface area contributed by atoms with Crippen LogP contribution in [0.3, 0.4) is 0 Å². The molecule has 104 valence electrons. The second-order valence-electron chi connectivity index (χ2n) is 5.16. The predicted octanol–water partition coefficient (Wildman–Crippen LogP) is 1.95. The third-order valence-electron chi connectivity index (χ3n) is 3.68. The minimum absolute atomic E-state index is 0.00633. The number of hydrogen-bond acceptors (Lipinski definition) is 3. The van der Waals surface area contributed by atoms with E-state index in [0.717, 1.165) is 19.3 Å². The molecular weight excluding hydrogens is 247 g/mol.